The third-order valence-corrected chi connectivity index (χ3v) is 10.7. The van der Waals surface area contributed by atoms with E-state index in [1.54, 1.807) is 0 Å². The zero-order valence-corrected chi connectivity index (χ0v) is 42.9. The molecule has 414 valence electrons. The minimum atomic E-state index is -1.85. The second-order valence-corrected chi connectivity index (χ2v) is 18.6. The third kappa shape index (κ3) is 24.0. The fraction of sp³-hybridized carbons (Fsp3) is 0.636. The standard InChI is InChI=1S/C44H75N17O13/c1-19(2)12-25(45)37(68)56-26(10-9-11-51-44(48)49)39(70)54-22(7)35(66)57-27(13-24-16-50-18-53-24)40(71)55-23(8)36(67)60-33(20(3)4)42(73)59-29(15-32(64)65)41(72)61-34(21(5)6)43(74)58-28(14-30(46)62)38(69)52-17-31(47)63/h16,18-23,25-29,33-34H,9-15,17,45H2,1-8H3,(H2,46,62)(H2,47,63)(H,50,53)(H,52,69)(H,54,70)(H,55,71)(H,56,68)(H,57,66)(H,58,74)(H,59,73)(H,60,67)(H,61,72)(H,64,65)(H4,48,49,51)/t22-,23-,25-,26-,27-,28-,29-,33-,34-/m0/s1. The van der Waals surface area contributed by atoms with Gasteiger partial charge in [0, 0.05) is 24.9 Å². The molecule has 0 aliphatic heterocycles. The molecule has 1 aromatic heterocycles. The molecule has 9 atom stereocenters. The van der Waals surface area contributed by atoms with Crippen molar-refractivity contribution in [3.8, 4) is 0 Å². The lowest BCUT2D eigenvalue weighted by atomic mass is 10.0. The molecule has 11 amide bonds. The van der Waals surface area contributed by atoms with Gasteiger partial charge < -0.3 is 86.6 Å². The highest BCUT2D eigenvalue weighted by Gasteiger charge is 2.36. The number of aromatic amines is 1. The van der Waals surface area contributed by atoms with E-state index in [2.05, 4.69) is 62.8 Å². The fourth-order valence-corrected chi connectivity index (χ4v) is 6.76. The van der Waals surface area contributed by atoms with Crippen LogP contribution in [0.2, 0.25) is 0 Å². The molecule has 1 aromatic rings. The molecule has 0 unspecified atom stereocenters. The average Bonchev–Trinajstić information content (AvgIpc) is 3.81. The van der Waals surface area contributed by atoms with E-state index in [1.165, 1.54) is 54.1 Å². The van der Waals surface area contributed by atoms with Gasteiger partial charge in [0.05, 0.1) is 31.8 Å². The number of guanidine groups is 1. The van der Waals surface area contributed by atoms with Crippen molar-refractivity contribution in [2.24, 2.45) is 51.4 Å². The van der Waals surface area contributed by atoms with Crippen LogP contribution >= 0.6 is 0 Å². The number of nitrogens with one attached hydrogen (secondary N) is 10. The number of aliphatic imine (C=N–C) groups is 1. The number of carbonyl (C=O) groups is 12. The van der Waals surface area contributed by atoms with E-state index in [0.717, 1.165) is 0 Å². The van der Waals surface area contributed by atoms with E-state index >= 15 is 0 Å². The molecule has 0 fully saturated rings. The van der Waals surface area contributed by atoms with Crippen LogP contribution in [0.5, 0.6) is 0 Å². The number of rotatable bonds is 33. The molecular weight excluding hydrogens is 975 g/mol. The van der Waals surface area contributed by atoms with Crippen molar-refractivity contribution >= 4 is 76.9 Å². The summed E-state index contributed by atoms with van der Waals surface area (Å²) in [7, 11) is 0. The number of H-pyrrole nitrogens is 1. The number of hydrogen-bond donors (Lipinski definition) is 16. The summed E-state index contributed by atoms with van der Waals surface area (Å²) in [5, 5.41) is 31.3. The van der Waals surface area contributed by atoms with Crippen LogP contribution in [-0.4, -0.2) is 159 Å². The Balaban J connectivity index is 3.24. The Kier molecular flexibility index (Phi) is 27.3. The Morgan fingerprint density at radius 1 is 0.581 bits per heavy atom. The Morgan fingerprint density at radius 2 is 1.05 bits per heavy atom. The third-order valence-electron chi connectivity index (χ3n) is 10.7. The van der Waals surface area contributed by atoms with Crippen molar-refractivity contribution in [2.75, 3.05) is 13.1 Å². The highest BCUT2D eigenvalue weighted by molar-refractivity contribution is 5.99. The maximum atomic E-state index is 13.8. The maximum Gasteiger partial charge on any atom is 0.305 e. The minimum Gasteiger partial charge on any atom is -0.481 e. The molecule has 0 bridgehead atoms. The van der Waals surface area contributed by atoms with Gasteiger partial charge in [0.15, 0.2) is 5.96 Å². The van der Waals surface area contributed by atoms with E-state index in [9.17, 15) is 62.6 Å². The van der Waals surface area contributed by atoms with Crippen molar-refractivity contribution in [3.05, 3.63) is 18.2 Å². The van der Waals surface area contributed by atoms with Gasteiger partial charge in [-0.2, -0.15) is 0 Å². The predicted octanol–water partition coefficient (Wildman–Crippen LogP) is -6.44. The second kappa shape index (κ2) is 31.5. The molecule has 21 N–H and O–H groups in total. The molecule has 0 spiro atoms. The Morgan fingerprint density at radius 3 is 1.51 bits per heavy atom. The van der Waals surface area contributed by atoms with Crippen LogP contribution in [0.25, 0.3) is 0 Å². The highest BCUT2D eigenvalue weighted by atomic mass is 16.4. The first-order valence-corrected chi connectivity index (χ1v) is 23.7. The normalized spacial score (nSPS) is 14.7. The van der Waals surface area contributed by atoms with Gasteiger partial charge in [0.2, 0.25) is 65.0 Å². The number of imidazole rings is 1. The van der Waals surface area contributed by atoms with Crippen LogP contribution in [0, 0.1) is 17.8 Å². The molecule has 0 aromatic carbocycles. The van der Waals surface area contributed by atoms with Crippen molar-refractivity contribution in [3.63, 3.8) is 0 Å². The van der Waals surface area contributed by atoms with Crippen LogP contribution in [0.4, 0.5) is 0 Å². The van der Waals surface area contributed by atoms with Crippen LogP contribution < -0.4 is 76.5 Å². The van der Waals surface area contributed by atoms with Gasteiger partial charge in [0.1, 0.15) is 48.3 Å². The smallest absolute Gasteiger partial charge is 0.305 e. The molecule has 74 heavy (non-hydrogen) atoms. The average molecular weight is 1050 g/mol. The lowest BCUT2D eigenvalue weighted by molar-refractivity contribution is -0.142. The van der Waals surface area contributed by atoms with Crippen LogP contribution in [0.3, 0.4) is 0 Å². The maximum absolute atomic E-state index is 13.8. The molecule has 0 aliphatic carbocycles. The van der Waals surface area contributed by atoms with Gasteiger partial charge in [-0.05, 0) is 50.9 Å². The lowest BCUT2D eigenvalue weighted by Gasteiger charge is -2.28. The number of primary amides is 2. The fourth-order valence-electron chi connectivity index (χ4n) is 6.76. The largest absolute Gasteiger partial charge is 0.481 e. The molecule has 30 nitrogen and oxygen atoms in total. The van der Waals surface area contributed by atoms with Crippen molar-refractivity contribution in [1.29, 1.82) is 0 Å². The van der Waals surface area contributed by atoms with E-state index in [0.29, 0.717) is 12.1 Å². The number of carboxylic acids is 1. The first kappa shape index (κ1) is 64.1. The summed E-state index contributed by atoms with van der Waals surface area (Å²) in [5.41, 5.74) is 27.5. The first-order chi connectivity index (χ1) is 34.4. The molecular formula is C44H75N17O13. The molecule has 30 heteroatoms. The first-order valence-electron chi connectivity index (χ1n) is 23.7. The Hall–Kier alpha value is -7.92. The molecule has 0 radical (unpaired) electrons. The van der Waals surface area contributed by atoms with E-state index < -0.39 is 157 Å². The van der Waals surface area contributed by atoms with Crippen LogP contribution in [0.15, 0.2) is 17.5 Å². The number of carboxylic acid groups (broad SMARTS) is 1. The Labute approximate surface area is 427 Å². The monoisotopic (exact) mass is 1050 g/mol. The molecule has 1 rings (SSSR count). The van der Waals surface area contributed by atoms with E-state index in [4.69, 9.17) is 28.7 Å². The summed E-state index contributed by atoms with van der Waals surface area (Å²) in [6.07, 6.45) is 1.45. The molecule has 1 heterocycles. The SMILES string of the molecule is CC(C)C[C@H](N)C(=O)N[C@@H](CCCN=C(N)N)C(=O)N[C@@H](C)C(=O)N[C@@H](Cc1cnc[nH]1)C(=O)N[C@@H](C)C(=O)N[C@H](C(=O)N[C@@H](CC(=O)O)C(=O)N[C@H](C(=O)N[C@@H](CC(N)=O)C(=O)NCC(N)=O)C(C)C)C(C)C. The molecule has 0 saturated heterocycles. The number of nitrogens with zero attached hydrogens (tertiary/aromatic N) is 2. The van der Waals surface area contributed by atoms with Gasteiger partial charge in [-0.3, -0.25) is 62.5 Å². The molecule has 0 aliphatic rings. The summed E-state index contributed by atoms with van der Waals surface area (Å²) >= 11 is 0. The van der Waals surface area contributed by atoms with Crippen molar-refractivity contribution in [2.45, 2.75) is 148 Å². The minimum absolute atomic E-state index is 0.0626. The number of carbonyl (C=O) groups excluding carboxylic acids is 11. The van der Waals surface area contributed by atoms with Crippen molar-refractivity contribution in [1.82, 2.24) is 57.8 Å². The highest BCUT2D eigenvalue weighted by Crippen LogP contribution is 2.10. The van der Waals surface area contributed by atoms with Gasteiger partial charge in [-0.15, -0.1) is 0 Å². The molecule has 0 saturated carbocycles. The number of amides is 11. The van der Waals surface area contributed by atoms with Crippen LogP contribution in [-0.2, 0) is 64.0 Å². The topological polar surface area (TPSA) is 504 Å². The number of nitrogens with two attached hydrogens (primary N) is 5. The zero-order chi connectivity index (χ0) is 56.6. The van der Waals surface area contributed by atoms with Gasteiger partial charge in [-0.1, -0.05) is 41.5 Å². The summed E-state index contributed by atoms with van der Waals surface area (Å²) in [6, 6.07) is -12.6. The van der Waals surface area contributed by atoms with Gasteiger partial charge >= 0.3 is 5.97 Å². The number of aliphatic carboxylic acids is 1. The van der Waals surface area contributed by atoms with Crippen molar-refractivity contribution < 1.29 is 62.6 Å². The van der Waals surface area contributed by atoms with Crippen LogP contribution in [0.1, 0.15) is 93.2 Å². The number of hydrogen-bond acceptors (Lipinski definition) is 15. The summed E-state index contributed by atoms with van der Waals surface area (Å²) in [4.78, 5) is 166. The summed E-state index contributed by atoms with van der Waals surface area (Å²) in [6.45, 7) is 11.8. The predicted molar refractivity (Wildman–Crippen MR) is 264 cm³/mol. The zero-order valence-electron chi connectivity index (χ0n) is 42.9. The second-order valence-electron chi connectivity index (χ2n) is 18.6. The lowest BCUT2D eigenvalue weighted by Crippen LogP contribution is -2.61. The summed E-state index contributed by atoms with van der Waals surface area (Å²) in [5.74, 6) is -13.3. The number of aromatic nitrogens is 2. The Bertz CT molecular complexity index is 2170. The van der Waals surface area contributed by atoms with E-state index in [-0.39, 0.29) is 37.7 Å². The summed E-state index contributed by atoms with van der Waals surface area (Å²) < 4.78 is 0. The van der Waals surface area contributed by atoms with E-state index in [1.807, 2.05) is 13.8 Å². The quantitative estimate of drug-likeness (QED) is 0.0177. The van der Waals surface area contributed by atoms with Gasteiger partial charge in [-0.25, -0.2) is 4.98 Å². The van der Waals surface area contributed by atoms with Gasteiger partial charge in [0.25, 0.3) is 0 Å².